The first kappa shape index (κ1) is 19.3. The molecule has 0 bridgehead atoms. The van der Waals surface area contributed by atoms with Crippen LogP contribution in [0, 0.1) is 20.8 Å². The Labute approximate surface area is 172 Å². The molecule has 0 unspecified atom stereocenters. The molecule has 0 aliphatic carbocycles. The van der Waals surface area contributed by atoms with Crippen molar-refractivity contribution in [2.24, 2.45) is 0 Å². The Balaban J connectivity index is 1.52. The minimum Gasteiger partial charge on any atom is -0.382 e. The lowest BCUT2D eigenvalue weighted by Crippen LogP contribution is -2.21. The number of nitrogens with zero attached hydrogens (tertiary/aromatic N) is 5. The molecule has 4 aromatic rings. The van der Waals surface area contributed by atoms with Gasteiger partial charge in [0.25, 0.3) is 5.89 Å². The zero-order valence-electron chi connectivity index (χ0n) is 16.9. The summed E-state index contributed by atoms with van der Waals surface area (Å²) in [6, 6.07) is 13.6. The number of anilines is 2. The van der Waals surface area contributed by atoms with E-state index in [1.165, 1.54) is 4.68 Å². The van der Waals surface area contributed by atoms with E-state index >= 15 is 0 Å². The maximum absolute atomic E-state index is 12.5. The van der Waals surface area contributed by atoms with Gasteiger partial charge in [0, 0.05) is 11.3 Å². The number of hydrogen-bond acceptors (Lipinski definition) is 7. The number of nitrogens with two attached hydrogens (primary N) is 1. The maximum Gasteiger partial charge on any atom is 0.282 e. The Bertz CT molecular complexity index is 1190. The summed E-state index contributed by atoms with van der Waals surface area (Å²) < 4.78 is 6.60. The quantitative estimate of drug-likeness (QED) is 0.524. The van der Waals surface area contributed by atoms with Crippen molar-refractivity contribution < 1.29 is 9.32 Å². The Hall–Kier alpha value is -4.01. The fourth-order valence-electron chi connectivity index (χ4n) is 3.06. The summed E-state index contributed by atoms with van der Waals surface area (Å²) in [4.78, 5) is 16.8. The van der Waals surface area contributed by atoms with E-state index in [1.54, 1.807) is 0 Å². The molecule has 0 aliphatic heterocycles. The maximum atomic E-state index is 12.5. The lowest BCUT2D eigenvalue weighted by Gasteiger charge is -2.11. The van der Waals surface area contributed by atoms with Crippen molar-refractivity contribution in [3.05, 3.63) is 59.2 Å². The van der Waals surface area contributed by atoms with Gasteiger partial charge in [0.2, 0.25) is 11.7 Å². The molecule has 0 spiro atoms. The van der Waals surface area contributed by atoms with Gasteiger partial charge in [-0.25, -0.2) is 4.68 Å². The van der Waals surface area contributed by atoms with E-state index in [0.29, 0.717) is 5.82 Å². The second-order valence-electron chi connectivity index (χ2n) is 7.09. The van der Waals surface area contributed by atoms with E-state index < -0.39 is 0 Å². The highest BCUT2D eigenvalue weighted by molar-refractivity contribution is 5.92. The predicted molar refractivity (Wildman–Crippen MR) is 112 cm³/mol. The molecular formula is C21H21N7O2. The molecule has 0 fully saturated rings. The topological polar surface area (TPSA) is 125 Å². The molecule has 9 nitrogen and oxygen atoms in total. The Kier molecular flexibility index (Phi) is 5.01. The Morgan fingerprint density at radius 2 is 1.80 bits per heavy atom. The number of amides is 1. The molecule has 30 heavy (non-hydrogen) atoms. The lowest BCUT2D eigenvalue weighted by atomic mass is 10.1. The lowest BCUT2D eigenvalue weighted by molar-refractivity contribution is -0.116. The highest BCUT2D eigenvalue weighted by Gasteiger charge is 2.20. The monoisotopic (exact) mass is 403 g/mol. The molecule has 4 rings (SSSR count). The molecule has 0 aliphatic rings. The Morgan fingerprint density at radius 1 is 1.10 bits per heavy atom. The number of aromatic nitrogens is 5. The van der Waals surface area contributed by atoms with Gasteiger partial charge in [0.1, 0.15) is 6.54 Å². The third-order valence-electron chi connectivity index (χ3n) is 4.75. The van der Waals surface area contributed by atoms with Gasteiger partial charge >= 0.3 is 0 Å². The third kappa shape index (κ3) is 3.77. The number of rotatable bonds is 5. The van der Waals surface area contributed by atoms with Crippen molar-refractivity contribution in [2.75, 3.05) is 11.1 Å². The SMILES string of the molecule is Cc1ccc(-c2noc(-c3nnn(CC(=O)Nc4c(C)cccc4C)c3N)n2)cc1. The number of nitrogens with one attached hydrogen (secondary N) is 1. The number of hydrogen-bond donors (Lipinski definition) is 2. The van der Waals surface area contributed by atoms with Gasteiger partial charge in [-0.05, 0) is 31.9 Å². The summed E-state index contributed by atoms with van der Waals surface area (Å²) in [7, 11) is 0. The largest absolute Gasteiger partial charge is 0.382 e. The summed E-state index contributed by atoms with van der Waals surface area (Å²) in [5.74, 6) is 0.475. The fraction of sp³-hybridized carbons (Fsp3) is 0.190. The van der Waals surface area contributed by atoms with E-state index in [4.69, 9.17) is 10.3 Å². The van der Waals surface area contributed by atoms with Crippen LogP contribution in [0.3, 0.4) is 0 Å². The molecule has 0 atom stereocenters. The van der Waals surface area contributed by atoms with Gasteiger partial charge in [-0.15, -0.1) is 5.10 Å². The van der Waals surface area contributed by atoms with E-state index in [1.807, 2.05) is 63.2 Å². The molecule has 3 N–H and O–H groups in total. The van der Waals surface area contributed by atoms with Gasteiger partial charge in [-0.2, -0.15) is 4.98 Å². The third-order valence-corrected chi connectivity index (χ3v) is 4.75. The minimum absolute atomic E-state index is 0.0917. The predicted octanol–water partition coefficient (Wildman–Crippen LogP) is 3.14. The molecule has 152 valence electrons. The smallest absolute Gasteiger partial charge is 0.282 e. The van der Waals surface area contributed by atoms with E-state index in [2.05, 4.69) is 25.8 Å². The Morgan fingerprint density at radius 3 is 2.50 bits per heavy atom. The van der Waals surface area contributed by atoms with Crippen LogP contribution in [0.4, 0.5) is 11.5 Å². The van der Waals surface area contributed by atoms with Crippen LogP contribution in [0.5, 0.6) is 0 Å². The van der Waals surface area contributed by atoms with Gasteiger partial charge in [-0.3, -0.25) is 4.79 Å². The first-order chi connectivity index (χ1) is 14.4. The summed E-state index contributed by atoms with van der Waals surface area (Å²) >= 11 is 0. The van der Waals surface area contributed by atoms with Crippen LogP contribution in [0.25, 0.3) is 23.0 Å². The van der Waals surface area contributed by atoms with E-state index in [-0.39, 0.29) is 29.9 Å². The highest BCUT2D eigenvalue weighted by Crippen LogP contribution is 2.25. The molecule has 2 aromatic heterocycles. The molecule has 2 aromatic carbocycles. The van der Waals surface area contributed by atoms with Crippen molar-refractivity contribution in [1.82, 2.24) is 25.1 Å². The van der Waals surface area contributed by atoms with Crippen LogP contribution in [0.1, 0.15) is 16.7 Å². The highest BCUT2D eigenvalue weighted by atomic mass is 16.5. The van der Waals surface area contributed by atoms with Gasteiger partial charge in [0.15, 0.2) is 11.5 Å². The van der Waals surface area contributed by atoms with E-state index in [9.17, 15) is 4.79 Å². The number of benzene rings is 2. The van der Waals surface area contributed by atoms with Crippen LogP contribution in [0.15, 0.2) is 47.0 Å². The van der Waals surface area contributed by atoms with Crippen molar-refractivity contribution in [3.63, 3.8) is 0 Å². The standard InChI is InChI=1S/C21H21N7O2/c1-12-7-9-15(10-8-12)20-24-21(30-26-20)18-19(22)28(27-25-18)11-16(29)23-17-13(2)5-4-6-14(17)3/h4-10H,11,22H2,1-3H3,(H,23,29). The summed E-state index contributed by atoms with van der Waals surface area (Å²) in [6.45, 7) is 5.78. The molecular weight excluding hydrogens is 382 g/mol. The van der Waals surface area contributed by atoms with E-state index in [0.717, 1.165) is 27.9 Å². The summed E-state index contributed by atoms with van der Waals surface area (Å²) in [5, 5.41) is 14.9. The average Bonchev–Trinajstić information content (AvgIpc) is 3.33. The molecule has 0 saturated heterocycles. The van der Waals surface area contributed by atoms with Crippen molar-refractivity contribution in [2.45, 2.75) is 27.3 Å². The molecule has 9 heteroatoms. The normalized spacial score (nSPS) is 10.9. The first-order valence-corrected chi connectivity index (χ1v) is 9.38. The average molecular weight is 403 g/mol. The minimum atomic E-state index is -0.263. The second kappa shape index (κ2) is 7.78. The fourth-order valence-corrected chi connectivity index (χ4v) is 3.06. The second-order valence-corrected chi connectivity index (χ2v) is 7.09. The van der Waals surface area contributed by atoms with Crippen LogP contribution in [-0.2, 0) is 11.3 Å². The number of carbonyl (C=O) groups is 1. The number of carbonyl (C=O) groups excluding carboxylic acids is 1. The van der Waals surface area contributed by atoms with Crippen LogP contribution < -0.4 is 11.1 Å². The molecule has 2 heterocycles. The first-order valence-electron chi connectivity index (χ1n) is 9.38. The zero-order chi connectivity index (χ0) is 21.3. The molecule has 0 saturated carbocycles. The number of nitrogen functional groups attached to an aromatic ring is 1. The van der Waals surface area contributed by atoms with Crippen molar-refractivity contribution >= 4 is 17.4 Å². The summed E-state index contributed by atoms with van der Waals surface area (Å²) in [5.41, 5.74) is 11.1. The van der Waals surface area contributed by atoms with Crippen molar-refractivity contribution in [1.29, 1.82) is 0 Å². The van der Waals surface area contributed by atoms with Crippen LogP contribution in [-0.4, -0.2) is 31.0 Å². The van der Waals surface area contributed by atoms with Gasteiger partial charge < -0.3 is 15.6 Å². The number of para-hydroxylation sites is 1. The molecule has 0 radical (unpaired) electrons. The summed E-state index contributed by atoms with van der Waals surface area (Å²) in [6.07, 6.45) is 0. The van der Waals surface area contributed by atoms with Crippen LogP contribution in [0.2, 0.25) is 0 Å². The zero-order valence-corrected chi connectivity index (χ0v) is 16.9. The van der Waals surface area contributed by atoms with Crippen LogP contribution >= 0.6 is 0 Å². The van der Waals surface area contributed by atoms with Crippen molar-refractivity contribution in [3.8, 4) is 23.0 Å². The number of aryl methyl sites for hydroxylation is 3. The van der Waals surface area contributed by atoms with Gasteiger partial charge in [0.05, 0.1) is 0 Å². The van der Waals surface area contributed by atoms with Gasteiger partial charge in [-0.1, -0.05) is 58.4 Å². The molecule has 1 amide bonds.